The monoisotopic (exact) mass is 188 g/mol. The van der Waals surface area contributed by atoms with E-state index in [0.29, 0.717) is 0 Å². The molecule has 0 atom stereocenters. The van der Waals surface area contributed by atoms with Crippen molar-refractivity contribution < 1.29 is 0 Å². The summed E-state index contributed by atoms with van der Waals surface area (Å²) in [5.74, 6) is 0.744. The molecule has 2 rings (SSSR count). The van der Waals surface area contributed by atoms with Gasteiger partial charge in [0, 0.05) is 12.4 Å². The van der Waals surface area contributed by atoms with Crippen molar-refractivity contribution in [2.45, 2.75) is 6.92 Å². The molecule has 2 N–H and O–H groups in total. The van der Waals surface area contributed by atoms with E-state index in [4.69, 9.17) is 0 Å². The van der Waals surface area contributed by atoms with Crippen LogP contribution in [-0.4, -0.2) is 12.0 Å². The van der Waals surface area contributed by atoms with E-state index in [-0.39, 0.29) is 5.56 Å². The van der Waals surface area contributed by atoms with Gasteiger partial charge >= 0.3 is 0 Å². The minimum absolute atomic E-state index is 0.0492. The summed E-state index contributed by atoms with van der Waals surface area (Å²) in [5.41, 5.74) is 1.11. The molecule has 0 radical (unpaired) electrons. The van der Waals surface area contributed by atoms with Crippen molar-refractivity contribution in [2.75, 3.05) is 12.4 Å². The Morgan fingerprint density at radius 1 is 1.29 bits per heavy atom. The Morgan fingerprint density at radius 2 is 2.07 bits per heavy atom. The van der Waals surface area contributed by atoms with Crippen LogP contribution in [0.15, 0.2) is 29.1 Å². The number of rotatable bonds is 1. The van der Waals surface area contributed by atoms with Gasteiger partial charge in [0.05, 0.1) is 0 Å². The normalized spacial score (nSPS) is 10.4. The molecule has 0 aliphatic rings. The number of hydrogen-bond donors (Lipinski definition) is 2. The zero-order chi connectivity index (χ0) is 10.1. The van der Waals surface area contributed by atoms with Gasteiger partial charge in [0.25, 0.3) is 5.56 Å². The van der Waals surface area contributed by atoms with Crippen LogP contribution in [0.25, 0.3) is 10.8 Å². The van der Waals surface area contributed by atoms with E-state index in [1.807, 2.05) is 31.2 Å². The highest BCUT2D eigenvalue weighted by Gasteiger charge is 2.00. The van der Waals surface area contributed by atoms with E-state index in [9.17, 15) is 4.79 Å². The van der Waals surface area contributed by atoms with Crippen LogP contribution in [-0.2, 0) is 0 Å². The second kappa shape index (κ2) is 3.18. The molecule has 14 heavy (non-hydrogen) atoms. The molecular formula is C11H12N2O. The fraction of sp³-hybridized carbons (Fsp3) is 0.182. The summed E-state index contributed by atoms with van der Waals surface area (Å²) in [6, 6.07) is 7.73. The molecule has 3 nitrogen and oxygen atoms in total. The number of aryl methyl sites for hydroxylation is 1. The van der Waals surface area contributed by atoms with Crippen LogP contribution in [0, 0.1) is 6.92 Å². The van der Waals surface area contributed by atoms with E-state index < -0.39 is 0 Å². The van der Waals surface area contributed by atoms with Crippen molar-refractivity contribution in [2.24, 2.45) is 0 Å². The van der Waals surface area contributed by atoms with Crippen molar-refractivity contribution in [1.29, 1.82) is 0 Å². The Balaban J connectivity index is 2.84. The molecule has 0 spiro atoms. The van der Waals surface area contributed by atoms with Gasteiger partial charge in [0.2, 0.25) is 0 Å². The lowest BCUT2D eigenvalue weighted by Crippen LogP contribution is -2.08. The molecule has 0 saturated carbocycles. The number of aromatic nitrogens is 1. The molecule has 0 bridgehead atoms. The number of benzene rings is 1. The van der Waals surface area contributed by atoms with Crippen molar-refractivity contribution in [3.8, 4) is 0 Å². The first-order chi connectivity index (χ1) is 6.70. The molecule has 2 aromatic rings. The van der Waals surface area contributed by atoms with Gasteiger partial charge in [-0.1, -0.05) is 17.7 Å². The lowest BCUT2D eigenvalue weighted by molar-refractivity contribution is 1.25. The maximum atomic E-state index is 11.6. The third-order valence-corrected chi connectivity index (χ3v) is 2.27. The van der Waals surface area contributed by atoms with Gasteiger partial charge in [0.15, 0.2) is 0 Å². The average Bonchev–Trinajstić information content (AvgIpc) is 2.16. The topological polar surface area (TPSA) is 44.9 Å². The predicted molar refractivity (Wildman–Crippen MR) is 58.9 cm³/mol. The molecule has 0 fully saturated rings. The summed E-state index contributed by atoms with van der Waals surface area (Å²) in [5, 5.41) is 4.63. The van der Waals surface area contributed by atoms with Crippen LogP contribution in [0.5, 0.6) is 0 Å². The molecular weight excluding hydrogens is 176 g/mol. The summed E-state index contributed by atoms with van der Waals surface area (Å²) >= 11 is 0. The lowest BCUT2D eigenvalue weighted by atomic mass is 10.1. The molecule has 0 aliphatic heterocycles. The largest absolute Gasteiger partial charge is 0.375 e. The van der Waals surface area contributed by atoms with Crippen LogP contribution in [0.2, 0.25) is 0 Å². The molecule has 72 valence electrons. The molecule has 3 heteroatoms. The second-order valence-electron chi connectivity index (χ2n) is 3.35. The van der Waals surface area contributed by atoms with E-state index in [1.54, 1.807) is 7.05 Å². The van der Waals surface area contributed by atoms with E-state index in [2.05, 4.69) is 10.3 Å². The molecule has 0 amide bonds. The number of anilines is 1. The van der Waals surface area contributed by atoms with E-state index >= 15 is 0 Å². The van der Waals surface area contributed by atoms with Crippen molar-refractivity contribution >= 4 is 16.6 Å². The third kappa shape index (κ3) is 1.37. The van der Waals surface area contributed by atoms with Crippen LogP contribution in [0.1, 0.15) is 5.56 Å². The number of fused-ring (bicyclic) bond motifs is 1. The third-order valence-electron chi connectivity index (χ3n) is 2.27. The number of pyridine rings is 1. The number of H-pyrrole nitrogens is 1. The van der Waals surface area contributed by atoms with Gasteiger partial charge in [0.1, 0.15) is 5.82 Å². The first-order valence-electron chi connectivity index (χ1n) is 4.52. The van der Waals surface area contributed by atoms with Crippen LogP contribution in [0.3, 0.4) is 0 Å². The fourth-order valence-corrected chi connectivity index (χ4v) is 1.52. The zero-order valence-corrected chi connectivity index (χ0v) is 8.22. The summed E-state index contributed by atoms with van der Waals surface area (Å²) in [4.78, 5) is 14.3. The standard InChI is InChI=1S/C11H12N2O/c1-7-3-4-9-8(5-7)6-10(12-2)13-11(9)14/h3-6H,1-2H3,(H2,12,13,14). The Bertz CT molecular complexity index is 528. The minimum atomic E-state index is -0.0492. The number of hydrogen-bond acceptors (Lipinski definition) is 2. The van der Waals surface area contributed by atoms with Crippen LogP contribution < -0.4 is 10.9 Å². The van der Waals surface area contributed by atoms with E-state index in [0.717, 1.165) is 22.2 Å². The van der Waals surface area contributed by atoms with Gasteiger partial charge in [-0.25, -0.2) is 0 Å². The van der Waals surface area contributed by atoms with Gasteiger partial charge in [-0.3, -0.25) is 4.79 Å². The summed E-state index contributed by atoms with van der Waals surface area (Å²) < 4.78 is 0. The van der Waals surface area contributed by atoms with Crippen LogP contribution in [0.4, 0.5) is 5.82 Å². The quantitative estimate of drug-likeness (QED) is 0.717. The zero-order valence-electron chi connectivity index (χ0n) is 8.22. The van der Waals surface area contributed by atoms with Crippen molar-refractivity contribution in [1.82, 2.24) is 4.98 Å². The van der Waals surface area contributed by atoms with Crippen LogP contribution >= 0.6 is 0 Å². The molecule has 0 saturated heterocycles. The first-order valence-corrected chi connectivity index (χ1v) is 4.52. The maximum Gasteiger partial charge on any atom is 0.257 e. The van der Waals surface area contributed by atoms with Gasteiger partial charge in [-0.2, -0.15) is 0 Å². The summed E-state index contributed by atoms with van der Waals surface area (Å²) in [6.45, 7) is 2.01. The maximum absolute atomic E-state index is 11.6. The predicted octanol–water partition coefficient (Wildman–Crippen LogP) is 1.88. The second-order valence-corrected chi connectivity index (χ2v) is 3.35. The van der Waals surface area contributed by atoms with Gasteiger partial charge in [-0.05, 0) is 24.4 Å². The SMILES string of the molecule is CNc1cc2cc(C)ccc2c(=O)[nH]1. The molecule has 1 heterocycles. The van der Waals surface area contributed by atoms with Gasteiger partial charge < -0.3 is 10.3 Å². The molecule has 1 aromatic carbocycles. The molecule has 1 aromatic heterocycles. The summed E-state index contributed by atoms with van der Waals surface area (Å²) in [7, 11) is 1.78. The fourth-order valence-electron chi connectivity index (χ4n) is 1.52. The Hall–Kier alpha value is -1.77. The highest BCUT2D eigenvalue weighted by atomic mass is 16.1. The van der Waals surface area contributed by atoms with Crippen molar-refractivity contribution in [3.63, 3.8) is 0 Å². The Morgan fingerprint density at radius 3 is 2.79 bits per heavy atom. The lowest BCUT2D eigenvalue weighted by Gasteiger charge is -2.03. The first kappa shape index (κ1) is 8.81. The minimum Gasteiger partial charge on any atom is -0.375 e. The average molecular weight is 188 g/mol. The number of aromatic amines is 1. The highest BCUT2D eigenvalue weighted by Crippen LogP contribution is 2.14. The Labute approximate surface area is 81.8 Å². The summed E-state index contributed by atoms with van der Waals surface area (Å²) in [6.07, 6.45) is 0. The Kier molecular flexibility index (Phi) is 2.00. The van der Waals surface area contributed by atoms with Crippen molar-refractivity contribution in [3.05, 3.63) is 40.2 Å². The molecule has 0 unspecified atom stereocenters. The number of nitrogens with one attached hydrogen (secondary N) is 2. The highest BCUT2D eigenvalue weighted by molar-refractivity contribution is 5.84. The smallest absolute Gasteiger partial charge is 0.257 e. The molecule has 0 aliphatic carbocycles. The van der Waals surface area contributed by atoms with Gasteiger partial charge in [-0.15, -0.1) is 0 Å². The van der Waals surface area contributed by atoms with E-state index in [1.165, 1.54) is 0 Å².